The van der Waals surface area contributed by atoms with Crippen molar-refractivity contribution in [1.29, 1.82) is 0 Å². The highest BCUT2D eigenvalue weighted by Crippen LogP contribution is 2.48. The first kappa shape index (κ1) is 17.8. The van der Waals surface area contributed by atoms with E-state index in [1.54, 1.807) is 18.9 Å². The molecule has 5 nitrogen and oxygen atoms in total. The number of aromatic nitrogens is 2. The number of ether oxygens (including phenoxy) is 1. The molecule has 0 saturated carbocycles. The third-order valence-electron chi connectivity index (χ3n) is 5.76. The molecule has 6 heteroatoms. The zero-order valence-corrected chi connectivity index (χ0v) is 16.1. The van der Waals surface area contributed by atoms with Crippen LogP contribution in [-0.4, -0.2) is 45.4 Å². The molecule has 0 radical (unpaired) electrons. The predicted octanol–water partition coefficient (Wildman–Crippen LogP) is 3.22. The summed E-state index contributed by atoms with van der Waals surface area (Å²) in [5, 5.41) is 12.3. The molecule has 1 unspecified atom stereocenters. The molecule has 1 aromatic carbocycles. The summed E-state index contributed by atoms with van der Waals surface area (Å²) in [5.74, 6) is 0.781. The molecular formula is C20H25N3O2S. The van der Waals surface area contributed by atoms with Crippen LogP contribution in [0.3, 0.4) is 0 Å². The summed E-state index contributed by atoms with van der Waals surface area (Å²) < 4.78 is 5.51. The van der Waals surface area contributed by atoms with Gasteiger partial charge in [-0.05, 0) is 38.0 Å². The largest absolute Gasteiger partial charge is 0.496 e. The summed E-state index contributed by atoms with van der Waals surface area (Å²) in [6.45, 7) is 0.853. The number of benzene rings is 1. The van der Waals surface area contributed by atoms with Crippen molar-refractivity contribution in [2.45, 2.75) is 55.1 Å². The van der Waals surface area contributed by atoms with Gasteiger partial charge in [-0.1, -0.05) is 30.0 Å². The Labute approximate surface area is 158 Å². The maximum absolute atomic E-state index is 11.5. The lowest BCUT2D eigenvalue weighted by atomic mass is 9.80. The smallest absolute Gasteiger partial charge is 0.187 e. The summed E-state index contributed by atoms with van der Waals surface area (Å²) in [7, 11) is 1.67. The van der Waals surface area contributed by atoms with Gasteiger partial charge in [0.25, 0.3) is 0 Å². The highest BCUT2D eigenvalue weighted by Gasteiger charge is 2.49. The zero-order valence-electron chi connectivity index (χ0n) is 15.3. The molecule has 138 valence electrons. The number of fused-ring (bicyclic) bond motifs is 2. The third kappa shape index (κ3) is 3.21. The van der Waals surface area contributed by atoms with Crippen molar-refractivity contribution >= 4 is 11.8 Å². The quantitative estimate of drug-likeness (QED) is 0.643. The van der Waals surface area contributed by atoms with Gasteiger partial charge in [-0.25, -0.2) is 9.97 Å². The SMILES string of the molecule is COc1ccccc1C1(O)C[C@H]2CC[C@@H](C1)N2Cc1cnc(SC)nc1. The van der Waals surface area contributed by atoms with Gasteiger partial charge in [0, 0.05) is 42.1 Å². The number of aliphatic hydroxyl groups is 1. The molecule has 26 heavy (non-hydrogen) atoms. The maximum atomic E-state index is 11.5. The minimum Gasteiger partial charge on any atom is -0.496 e. The normalized spacial score (nSPS) is 28.3. The topological polar surface area (TPSA) is 58.5 Å². The molecule has 2 bridgehead atoms. The van der Waals surface area contributed by atoms with Crippen LogP contribution in [0.4, 0.5) is 0 Å². The second kappa shape index (κ2) is 7.18. The van der Waals surface area contributed by atoms with Gasteiger partial charge < -0.3 is 9.84 Å². The van der Waals surface area contributed by atoms with E-state index in [1.807, 2.05) is 42.9 Å². The lowest BCUT2D eigenvalue weighted by molar-refractivity contribution is -0.0607. The van der Waals surface area contributed by atoms with Gasteiger partial charge in [-0.2, -0.15) is 0 Å². The minimum absolute atomic E-state index is 0.379. The minimum atomic E-state index is -0.811. The number of thioether (sulfide) groups is 1. The fraction of sp³-hybridized carbons (Fsp3) is 0.500. The summed E-state index contributed by atoms with van der Waals surface area (Å²) in [6, 6.07) is 8.63. The number of methoxy groups -OCH3 is 1. The van der Waals surface area contributed by atoms with Gasteiger partial charge in [-0.15, -0.1) is 0 Å². The van der Waals surface area contributed by atoms with Crippen LogP contribution >= 0.6 is 11.8 Å². The van der Waals surface area contributed by atoms with E-state index in [1.165, 1.54) is 0 Å². The van der Waals surface area contributed by atoms with Crippen LogP contribution < -0.4 is 4.74 Å². The standard InChI is InChI=1S/C20H25N3O2S/c1-25-18-6-4-3-5-17(18)20(24)9-15-7-8-16(10-20)23(15)13-14-11-21-19(26-2)22-12-14/h3-6,11-12,15-16,24H,7-10,13H2,1-2H3/t15-,16+,20?. The van der Waals surface area contributed by atoms with E-state index in [9.17, 15) is 5.11 Å². The van der Waals surface area contributed by atoms with Gasteiger partial charge in [0.05, 0.1) is 12.7 Å². The van der Waals surface area contributed by atoms with Gasteiger partial charge in [0.1, 0.15) is 5.75 Å². The number of rotatable bonds is 5. The Bertz CT molecular complexity index is 754. The van der Waals surface area contributed by atoms with Crippen LogP contribution in [0.5, 0.6) is 5.75 Å². The zero-order chi connectivity index (χ0) is 18.1. The maximum Gasteiger partial charge on any atom is 0.187 e. The molecule has 3 atom stereocenters. The molecular weight excluding hydrogens is 346 g/mol. The molecule has 4 rings (SSSR count). The van der Waals surface area contributed by atoms with Crippen LogP contribution in [0.15, 0.2) is 41.8 Å². The lowest BCUT2D eigenvalue weighted by Gasteiger charge is -2.44. The summed E-state index contributed by atoms with van der Waals surface area (Å²) in [5.41, 5.74) is 1.25. The number of hydrogen-bond acceptors (Lipinski definition) is 6. The average molecular weight is 372 g/mol. The fourth-order valence-electron chi connectivity index (χ4n) is 4.56. The number of hydrogen-bond donors (Lipinski definition) is 1. The van der Waals surface area contributed by atoms with Crippen molar-refractivity contribution in [3.63, 3.8) is 0 Å². The van der Waals surface area contributed by atoms with Crippen LogP contribution in [0.1, 0.15) is 36.8 Å². The second-order valence-electron chi connectivity index (χ2n) is 7.28. The molecule has 0 spiro atoms. The first-order chi connectivity index (χ1) is 12.6. The van der Waals surface area contributed by atoms with Crippen molar-refractivity contribution in [1.82, 2.24) is 14.9 Å². The number of piperidine rings is 1. The molecule has 2 fully saturated rings. The molecule has 3 heterocycles. The monoisotopic (exact) mass is 371 g/mol. The number of nitrogens with zero attached hydrogens (tertiary/aromatic N) is 3. The summed E-state index contributed by atoms with van der Waals surface area (Å²) in [6.07, 6.45) is 9.59. The van der Waals surface area contributed by atoms with Crippen LogP contribution in [0, 0.1) is 0 Å². The van der Waals surface area contributed by atoms with Gasteiger partial charge >= 0.3 is 0 Å². The van der Waals surface area contributed by atoms with Crippen molar-refractivity contribution in [3.8, 4) is 5.75 Å². The van der Waals surface area contributed by atoms with E-state index in [-0.39, 0.29) is 0 Å². The average Bonchev–Trinajstić information content (AvgIpc) is 2.92. The molecule has 0 aliphatic carbocycles. The van der Waals surface area contributed by atoms with E-state index in [0.717, 1.165) is 54.3 Å². The molecule has 2 aromatic rings. The van der Waals surface area contributed by atoms with E-state index in [2.05, 4.69) is 14.9 Å². The van der Waals surface area contributed by atoms with Crippen molar-refractivity contribution in [2.75, 3.05) is 13.4 Å². The highest BCUT2D eigenvalue weighted by molar-refractivity contribution is 7.98. The van der Waals surface area contributed by atoms with E-state index >= 15 is 0 Å². The Morgan fingerprint density at radius 3 is 2.46 bits per heavy atom. The third-order valence-corrected chi connectivity index (χ3v) is 6.33. The first-order valence-corrected chi connectivity index (χ1v) is 10.3. The lowest BCUT2D eigenvalue weighted by Crippen LogP contribution is -2.49. The molecule has 2 saturated heterocycles. The fourth-order valence-corrected chi connectivity index (χ4v) is 4.88. The molecule has 1 N–H and O–H groups in total. The van der Waals surface area contributed by atoms with Crippen molar-refractivity contribution < 1.29 is 9.84 Å². The second-order valence-corrected chi connectivity index (χ2v) is 8.05. The number of para-hydroxylation sites is 1. The van der Waals surface area contributed by atoms with Crippen LogP contribution in [0.25, 0.3) is 0 Å². The van der Waals surface area contributed by atoms with E-state index < -0.39 is 5.60 Å². The van der Waals surface area contributed by atoms with Gasteiger partial charge in [0.2, 0.25) is 0 Å². The van der Waals surface area contributed by atoms with Crippen molar-refractivity contribution in [3.05, 3.63) is 47.8 Å². The summed E-state index contributed by atoms with van der Waals surface area (Å²) in [4.78, 5) is 11.3. The Balaban J connectivity index is 1.53. The molecule has 2 aliphatic heterocycles. The Hall–Kier alpha value is -1.63. The van der Waals surface area contributed by atoms with Crippen LogP contribution in [-0.2, 0) is 12.1 Å². The van der Waals surface area contributed by atoms with E-state index in [4.69, 9.17) is 4.74 Å². The predicted molar refractivity (Wildman–Crippen MR) is 102 cm³/mol. The Kier molecular flexibility index (Phi) is 4.90. The van der Waals surface area contributed by atoms with Crippen LogP contribution in [0.2, 0.25) is 0 Å². The van der Waals surface area contributed by atoms with Crippen molar-refractivity contribution in [2.24, 2.45) is 0 Å². The summed E-state index contributed by atoms with van der Waals surface area (Å²) >= 11 is 1.56. The Morgan fingerprint density at radius 2 is 1.85 bits per heavy atom. The molecule has 2 aliphatic rings. The Morgan fingerprint density at radius 1 is 1.19 bits per heavy atom. The molecule has 1 aromatic heterocycles. The van der Waals surface area contributed by atoms with Gasteiger partial charge in [-0.3, -0.25) is 4.90 Å². The van der Waals surface area contributed by atoms with E-state index in [0.29, 0.717) is 12.1 Å². The molecule has 0 amide bonds. The first-order valence-electron chi connectivity index (χ1n) is 9.09. The highest BCUT2D eigenvalue weighted by atomic mass is 32.2. The van der Waals surface area contributed by atoms with Gasteiger partial charge in [0.15, 0.2) is 5.16 Å².